The smallest absolute Gasteiger partial charge is 0.0818 e. The van der Waals surface area contributed by atoms with E-state index in [1.807, 2.05) is 6.07 Å². The lowest BCUT2D eigenvalue weighted by molar-refractivity contribution is 0.0668. The molecule has 1 saturated carbocycles. The third-order valence-corrected chi connectivity index (χ3v) is 5.23. The molecule has 1 nitrogen and oxygen atoms in total. The summed E-state index contributed by atoms with van der Waals surface area (Å²) in [7, 11) is 0. The SMILES string of the molecule is CC(C)C1CCC(C(O)c2ccc(Cl)c(Cl)c2)CC1. The number of hydrogen-bond donors (Lipinski definition) is 1. The molecule has 1 N–H and O–H groups in total. The molecule has 1 fully saturated rings. The summed E-state index contributed by atoms with van der Waals surface area (Å²) in [6, 6.07) is 5.44. The highest BCUT2D eigenvalue weighted by molar-refractivity contribution is 6.42. The van der Waals surface area contributed by atoms with Gasteiger partial charge in [0.1, 0.15) is 0 Å². The van der Waals surface area contributed by atoms with Crippen molar-refractivity contribution in [1.29, 1.82) is 0 Å². The molecular weight excluding hydrogens is 279 g/mol. The molecule has 3 heteroatoms. The van der Waals surface area contributed by atoms with E-state index < -0.39 is 6.10 Å². The van der Waals surface area contributed by atoms with E-state index >= 15 is 0 Å². The minimum atomic E-state index is -0.414. The lowest BCUT2D eigenvalue weighted by Crippen LogP contribution is -2.23. The average Bonchev–Trinajstić information content (AvgIpc) is 2.41. The van der Waals surface area contributed by atoms with Crippen LogP contribution in [0.4, 0.5) is 0 Å². The van der Waals surface area contributed by atoms with Crippen LogP contribution in [0.25, 0.3) is 0 Å². The highest BCUT2D eigenvalue weighted by Gasteiger charge is 2.28. The lowest BCUT2D eigenvalue weighted by Gasteiger charge is -2.33. The molecule has 0 aliphatic heterocycles. The Bertz CT molecular complexity index is 423. The molecule has 0 saturated heterocycles. The minimum absolute atomic E-state index is 0.354. The zero-order valence-corrected chi connectivity index (χ0v) is 13.1. The van der Waals surface area contributed by atoms with Crippen molar-refractivity contribution in [3.63, 3.8) is 0 Å². The second kappa shape index (κ2) is 6.47. The van der Waals surface area contributed by atoms with Gasteiger partial charge in [0, 0.05) is 0 Å². The van der Waals surface area contributed by atoms with Crippen molar-refractivity contribution in [3.05, 3.63) is 33.8 Å². The van der Waals surface area contributed by atoms with Gasteiger partial charge in [-0.25, -0.2) is 0 Å². The summed E-state index contributed by atoms with van der Waals surface area (Å²) in [5.74, 6) is 1.92. The third kappa shape index (κ3) is 3.65. The van der Waals surface area contributed by atoms with Crippen LogP contribution in [0, 0.1) is 17.8 Å². The quantitative estimate of drug-likeness (QED) is 0.782. The molecule has 1 aliphatic carbocycles. The average molecular weight is 301 g/mol. The first kappa shape index (κ1) is 15.2. The summed E-state index contributed by atoms with van der Waals surface area (Å²) >= 11 is 11.9. The zero-order valence-electron chi connectivity index (χ0n) is 11.6. The Kier molecular flexibility index (Phi) is 5.16. The van der Waals surface area contributed by atoms with Crippen LogP contribution in [0.3, 0.4) is 0 Å². The normalized spacial score (nSPS) is 25.6. The van der Waals surface area contributed by atoms with Crippen molar-refractivity contribution < 1.29 is 5.11 Å². The third-order valence-electron chi connectivity index (χ3n) is 4.49. The molecule has 0 aromatic heterocycles. The summed E-state index contributed by atoms with van der Waals surface area (Å²) in [6.07, 6.45) is 4.23. The van der Waals surface area contributed by atoms with E-state index in [1.165, 1.54) is 12.8 Å². The zero-order chi connectivity index (χ0) is 14.0. The van der Waals surface area contributed by atoms with Gasteiger partial charge >= 0.3 is 0 Å². The molecule has 0 amide bonds. The van der Waals surface area contributed by atoms with Crippen LogP contribution in [0.15, 0.2) is 18.2 Å². The van der Waals surface area contributed by atoms with Crippen LogP contribution < -0.4 is 0 Å². The van der Waals surface area contributed by atoms with Crippen LogP contribution in [0.1, 0.15) is 51.2 Å². The highest BCUT2D eigenvalue weighted by Crippen LogP contribution is 2.40. The first-order valence-electron chi connectivity index (χ1n) is 7.12. The first-order chi connectivity index (χ1) is 8.99. The number of benzene rings is 1. The summed E-state index contributed by atoms with van der Waals surface area (Å²) in [5, 5.41) is 11.5. The van der Waals surface area contributed by atoms with Crippen LogP contribution >= 0.6 is 23.2 Å². The molecule has 19 heavy (non-hydrogen) atoms. The summed E-state index contributed by atoms with van der Waals surface area (Å²) in [6.45, 7) is 4.58. The monoisotopic (exact) mass is 300 g/mol. The molecule has 0 spiro atoms. The molecule has 1 aromatic rings. The number of aliphatic hydroxyl groups is 1. The number of halogens is 2. The van der Waals surface area contributed by atoms with E-state index in [0.717, 1.165) is 30.2 Å². The van der Waals surface area contributed by atoms with E-state index in [4.69, 9.17) is 23.2 Å². The van der Waals surface area contributed by atoms with Crippen LogP contribution in [-0.4, -0.2) is 5.11 Å². The van der Waals surface area contributed by atoms with Crippen LogP contribution in [0.5, 0.6) is 0 Å². The topological polar surface area (TPSA) is 20.2 Å². The van der Waals surface area contributed by atoms with Crippen LogP contribution in [-0.2, 0) is 0 Å². The first-order valence-corrected chi connectivity index (χ1v) is 7.87. The van der Waals surface area contributed by atoms with Gasteiger partial charge in [0.05, 0.1) is 16.1 Å². The van der Waals surface area contributed by atoms with Gasteiger partial charge in [-0.2, -0.15) is 0 Å². The number of hydrogen-bond acceptors (Lipinski definition) is 1. The summed E-state index contributed by atoms with van der Waals surface area (Å²) in [5.41, 5.74) is 0.891. The van der Waals surface area contributed by atoms with Crippen molar-refractivity contribution in [1.82, 2.24) is 0 Å². The molecule has 2 rings (SSSR count). The fraction of sp³-hybridized carbons (Fsp3) is 0.625. The highest BCUT2D eigenvalue weighted by atomic mass is 35.5. The molecule has 1 unspecified atom stereocenters. The summed E-state index contributed by atoms with van der Waals surface area (Å²) in [4.78, 5) is 0. The molecule has 1 aromatic carbocycles. The van der Waals surface area contributed by atoms with Gasteiger partial charge in [0.15, 0.2) is 0 Å². The number of rotatable bonds is 3. The molecule has 106 valence electrons. The van der Waals surface area contributed by atoms with Gasteiger partial charge in [0.25, 0.3) is 0 Å². The standard InChI is InChI=1S/C16H22Cl2O/c1-10(2)11-3-5-12(6-4-11)16(19)13-7-8-14(17)15(18)9-13/h7-12,16,19H,3-6H2,1-2H3. The van der Waals surface area contributed by atoms with Crippen molar-refractivity contribution in [2.24, 2.45) is 17.8 Å². The fourth-order valence-corrected chi connectivity index (χ4v) is 3.40. The van der Waals surface area contributed by atoms with Crippen molar-refractivity contribution in [2.75, 3.05) is 0 Å². The predicted octanol–water partition coefficient (Wildman–Crippen LogP) is 5.49. The van der Waals surface area contributed by atoms with Gasteiger partial charge in [-0.15, -0.1) is 0 Å². The minimum Gasteiger partial charge on any atom is -0.388 e. The maximum atomic E-state index is 10.5. The van der Waals surface area contributed by atoms with Crippen molar-refractivity contribution in [2.45, 2.75) is 45.6 Å². The van der Waals surface area contributed by atoms with Gasteiger partial charge < -0.3 is 5.11 Å². The molecular formula is C16H22Cl2O. The maximum absolute atomic E-state index is 10.5. The summed E-state index contributed by atoms with van der Waals surface area (Å²) < 4.78 is 0. The Morgan fingerprint density at radius 3 is 2.11 bits per heavy atom. The van der Waals surface area contributed by atoms with E-state index in [1.54, 1.807) is 12.1 Å². The Labute approximate surface area is 125 Å². The van der Waals surface area contributed by atoms with Crippen molar-refractivity contribution in [3.8, 4) is 0 Å². The van der Waals surface area contributed by atoms with Crippen molar-refractivity contribution >= 4 is 23.2 Å². The maximum Gasteiger partial charge on any atom is 0.0818 e. The van der Waals surface area contributed by atoms with E-state index in [2.05, 4.69) is 13.8 Å². The fourth-order valence-electron chi connectivity index (χ4n) is 3.10. The molecule has 0 radical (unpaired) electrons. The Hall–Kier alpha value is -0.240. The van der Waals surface area contributed by atoms with Gasteiger partial charge in [-0.1, -0.05) is 43.1 Å². The Balaban J connectivity index is 2.01. The molecule has 1 aliphatic rings. The van der Waals surface area contributed by atoms with E-state index in [0.29, 0.717) is 16.0 Å². The molecule has 0 bridgehead atoms. The molecule has 0 heterocycles. The lowest BCUT2D eigenvalue weighted by atomic mass is 9.74. The second-order valence-corrected chi connectivity index (χ2v) is 6.85. The Morgan fingerprint density at radius 2 is 1.58 bits per heavy atom. The van der Waals surface area contributed by atoms with Gasteiger partial charge in [-0.05, 0) is 61.1 Å². The van der Waals surface area contributed by atoms with E-state index in [9.17, 15) is 5.11 Å². The number of aliphatic hydroxyl groups excluding tert-OH is 1. The molecule has 1 atom stereocenters. The predicted molar refractivity (Wildman–Crippen MR) is 81.7 cm³/mol. The van der Waals surface area contributed by atoms with Gasteiger partial charge in [0.2, 0.25) is 0 Å². The Morgan fingerprint density at radius 1 is 1.00 bits per heavy atom. The largest absolute Gasteiger partial charge is 0.388 e. The second-order valence-electron chi connectivity index (χ2n) is 6.04. The van der Waals surface area contributed by atoms with E-state index in [-0.39, 0.29) is 0 Å². The van der Waals surface area contributed by atoms with Crippen LogP contribution in [0.2, 0.25) is 10.0 Å². The van der Waals surface area contributed by atoms with Gasteiger partial charge in [-0.3, -0.25) is 0 Å².